The summed E-state index contributed by atoms with van der Waals surface area (Å²) in [7, 11) is 1.92. The Hall–Kier alpha value is -1.95. The summed E-state index contributed by atoms with van der Waals surface area (Å²) in [6.07, 6.45) is 5.40. The van der Waals surface area contributed by atoms with Gasteiger partial charge in [-0.3, -0.25) is 9.48 Å². The van der Waals surface area contributed by atoms with Crippen LogP contribution in [0.3, 0.4) is 0 Å². The SMILES string of the molecule is CC(=O)c1cnn2cc(-c3cnn(C)c3C)sc12. The van der Waals surface area contributed by atoms with Gasteiger partial charge in [0.2, 0.25) is 0 Å². The van der Waals surface area contributed by atoms with Gasteiger partial charge in [-0.05, 0) is 13.8 Å². The van der Waals surface area contributed by atoms with Crippen molar-refractivity contribution in [2.75, 3.05) is 0 Å². The summed E-state index contributed by atoms with van der Waals surface area (Å²) in [6, 6.07) is 0. The topological polar surface area (TPSA) is 52.2 Å². The lowest BCUT2D eigenvalue weighted by atomic mass is 10.2. The minimum absolute atomic E-state index is 0.0429. The number of hydrogen-bond acceptors (Lipinski definition) is 4. The average Bonchev–Trinajstić information content (AvgIpc) is 2.94. The number of carbonyl (C=O) groups excluding carboxylic acids is 1. The Labute approximate surface area is 108 Å². The number of ketones is 1. The molecule has 0 spiro atoms. The molecule has 92 valence electrons. The number of rotatable bonds is 2. The summed E-state index contributed by atoms with van der Waals surface area (Å²) in [4.78, 5) is 13.4. The van der Waals surface area contributed by atoms with E-state index in [-0.39, 0.29) is 5.78 Å². The number of aromatic nitrogens is 4. The molecule has 18 heavy (non-hydrogen) atoms. The molecule has 0 radical (unpaired) electrons. The second-order valence-electron chi connectivity index (χ2n) is 4.23. The number of hydrogen-bond donors (Lipinski definition) is 0. The standard InChI is InChI=1S/C12H12N4OS/c1-7-9(4-13-15(7)3)11-6-16-12(18-11)10(5-14-16)8(2)17/h4-6H,1-3H3. The van der Waals surface area contributed by atoms with E-state index in [0.29, 0.717) is 5.56 Å². The molecule has 5 nitrogen and oxygen atoms in total. The first-order chi connectivity index (χ1) is 8.58. The molecule has 0 aromatic carbocycles. The molecule has 0 aliphatic rings. The maximum atomic E-state index is 11.5. The Morgan fingerprint density at radius 1 is 1.33 bits per heavy atom. The molecule has 0 unspecified atom stereocenters. The molecule has 3 rings (SSSR count). The quantitative estimate of drug-likeness (QED) is 0.664. The van der Waals surface area contributed by atoms with Crippen molar-refractivity contribution in [2.45, 2.75) is 13.8 Å². The smallest absolute Gasteiger partial charge is 0.164 e. The van der Waals surface area contributed by atoms with Crippen molar-refractivity contribution in [1.29, 1.82) is 0 Å². The van der Waals surface area contributed by atoms with Crippen molar-refractivity contribution in [1.82, 2.24) is 19.4 Å². The van der Waals surface area contributed by atoms with E-state index in [2.05, 4.69) is 10.2 Å². The van der Waals surface area contributed by atoms with Crippen molar-refractivity contribution in [3.05, 3.63) is 29.8 Å². The van der Waals surface area contributed by atoms with E-state index >= 15 is 0 Å². The minimum atomic E-state index is 0.0429. The van der Waals surface area contributed by atoms with Gasteiger partial charge in [-0.15, -0.1) is 11.3 Å². The molecule has 0 N–H and O–H groups in total. The van der Waals surface area contributed by atoms with Crippen LogP contribution in [-0.2, 0) is 7.05 Å². The lowest BCUT2D eigenvalue weighted by Crippen LogP contribution is -1.92. The van der Waals surface area contributed by atoms with Gasteiger partial charge >= 0.3 is 0 Å². The van der Waals surface area contributed by atoms with Crippen LogP contribution in [0.15, 0.2) is 18.6 Å². The summed E-state index contributed by atoms with van der Waals surface area (Å²) in [5.74, 6) is 0.0429. The summed E-state index contributed by atoms with van der Waals surface area (Å²) in [5, 5.41) is 8.43. The summed E-state index contributed by atoms with van der Waals surface area (Å²) >= 11 is 1.57. The van der Waals surface area contributed by atoms with Gasteiger partial charge in [0.25, 0.3) is 0 Å². The fourth-order valence-corrected chi connectivity index (χ4v) is 3.06. The van der Waals surface area contributed by atoms with Gasteiger partial charge in [0, 0.05) is 24.5 Å². The highest BCUT2D eigenvalue weighted by atomic mass is 32.1. The van der Waals surface area contributed by atoms with Crippen LogP contribution < -0.4 is 0 Å². The molecule has 0 aliphatic heterocycles. The number of nitrogens with zero attached hydrogens (tertiary/aromatic N) is 4. The molecular formula is C12H12N4OS. The minimum Gasteiger partial charge on any atom is -0.294 e. The van der Waals surface area contributed by atoms with E-state index in [0.717, 1.165) is 21.0 Å². The first-order valence-electron chi connectivity index (χ1n) is 5.55. The van der Waals surface area contributed by atoms with E-state index in [1.807, 2.05) is 31.0 Å². The van der Waals surface area contributed by atoms with Gasteiger partial charge in [-0.2, -0.15) is 10.2 Å². The van der Waals surface area contributed by atoms with Crippen LogP contribution in [0.1, 0.15) is 23.0 Å². The maximum Gasteiger partial charge on any atom is 0.164 e. The molecule has 3 heterocycles. The molecule has 0 amide bonds. The van der Waals surface area contributed by atoms with Crippen LogP contribution in [0.4, 0.5) is 0 Å². The second kappa shape index (κ2) is 3.78. The Kier molecular flexibility index (Phi) is 2.34. The summed E-state index contributed by atoms with van der Waals surface area (Å²) in [5.41, 5.74) is 2.86. The lowest BCUT2D eigenvalue weighted by Gasteiger charge is -1.95. The number of fused-ring (bicyclic) bond motifs is 1. The Morgan fingerprint density at radius 2 is 2.11 bits per heavy atom. The summed E-state index contributed by atoms with van der Waals surface area (Å²) < 4.78 is 3.59. The Bertz CT molecular complexity index is 749. The third-order valence-corrected chi connectivity index (χ3v) is 4.22. The van der Waals surface area contributed by atoms with Crippen molar-refractivity contribution in [3.63, 3.8) is 0 Å². The van der Waals surface area contributed by atoms with Crippen LogP contribution >= 0.6 is 11.3 Å². The van der Waals surface area contributed by atoms with Crippen molar-refractivity contribution < 1.29 is 4.79 Å². The highest BCUT2D eigenvalue weighted by Crippen LogP contribution is 2.32. The second-order valence-corrected chi connectivity index (χ2v) is 5.26. The maximum absolute atomic E-state index is 11.5. The molecule has 3 aromatic heterocycles. The fraction of sp³-hybridized carbons (Fsp3) is 0.250. The Morgan fingerprint density at radius 3 is 2.72 bits per heavy atom. The molecule has 0 aliphatic carbocycles. The number of aryl methyl sites for hydroxylation is 1. The Balaban J connectivity index is 2.20. The fourth-order valence-electron chi connectivity index (χ4n) is 1.89. The van der Waals surface area contributed by atoms with E-state index in [1.165, 1.54) is 0 Å². The lowest BCUT2D eigenvalue weighted by molar-refractivity contribution is 0.101. The van der Waals surface area contributed by atoms with Crippen LogP contribution in [-0.4, -0.2) is 25.2 Å². The normalized spacial score (nSPS) is 11.3. The molecule has 3 aromatic rings. The first-order valence-corrected chi connectivity index (χ1v) is 6.36. The highest BCUT2D eigenvalue weighted by molar-refractivity contribution is 7.21. The van der Waals surface area contributed by atoms with Crippen molar-refractivity contribution >= 4 is 22.0 Å². The zero-order valence-corrected chi connectivity index (χ0v) is 11.2. The van der Waals surface area contributed by atoms with Gasteiger partial charge in [0.1, 0.15) is 4.83 Å². The van der Waals surface area contributed by atoms with E-state index in [9.17, 15) is 4.79 Å². The van der Waals surface area contributed by atoms with Gasteiger partial charge < -0.3 is 0 Å². The molecule has 0 atom stereocenters. The number of thiazole rings is 1. The highest BCUT2D eigenvalue weighted by Gasteiger charge is 2.15. The van der Waals surface area contributed by atoms with Gasteiger partial charge in [0.15, 0.2) is 5.78 Å². The predicted molar refractivity (Wildman–Crippen MR) is 70.0 cm³/mol. The third-order valence-electron chi connectivity index (χ3n) is 3.08. The van der Waals surface area contributed by atoms with Crippen molar-refractivity contribution in [2.24, 2.45) is 7.05 Å². The molecule has 0 bridgehead atoms. The zero-order valence-electron chi connectivity index (χ0n) is 10.3. The van der Waals surface area contributed by atoms with Crippen LogP contribution in [0.5, 0.6) is 0 Å². The monoisotopic (exact) mass is 260 g/mol. The molecule has 0 saturated heterocycles. The largest absolute Gasteiger partial charge is 0.294 e. The molecule has 0 fully saturated rings. The van der Waals surface area contributed by atoms with Crippen LogP contribution in [0, 0.1) is 6.92 Å². The number of Topliss-reactive ketones (excluding diaryl/α,β-unsaturated/α-hetero) is 1. The van der Waals surface area contributed by atoms with Crippen LogP contribution in [0.25, 0.3) is 15.3 Å². The zero-order chi connectivity index (χ0) is 12.9. The van der Waals surface area contributed by atoms with E-state index < -0.39 is 0 Å². The van der Waals surface area contributed by atoms with E-state index in [4.69, 9.17) is 0 Å². The van der Waals surface area contributed by atoms with Gasteiger partial charge in [-0.1, -0.05) is 0 Å². The van der Waals surface area contributed by atoms with Gasteiger partial charge in [-0.25, -0.2) is 4.52 Å². The number of carbonyl (C=O) groups is 1. The first kappa shape index (κ1) is 11.2. The third kappa shape index (κ3) is 1.49. The van der Waals surface area contributed by atoms with Gasteiger partial charge in [0.05, 0.1) is 22.8 Å². The molecule has 6 heteroatoms. The van der Waals surface area contributed by atoms with E-state index in [1.54, 1.807) is 29.0 Å². The van der Waals surface area contributed by atoms with Crippen molar-refractivity contribution in [3.8, 4) is 10.4 Å². The molecule has 0 saturated carbocycles. The van der Waals surface area contributed by atoms with Crippen LogP contribution in [0.2, 0.25) is 0 Å². The summed E-state index contributed by atoms with van der Waals surface area (Å²) in [6.45, 7) is 3.59. The average molecular weight is 260 g/mol. The predicted octanol–water partition coefficient (Wildman–Crippen LogP) is 2.31. The molecular weight excluding hydrogens is 248 g/mol.